The maximum absolute atomic E-state index is 10.6. The molecule has 3 rings (SSSR count). The summed E-state index contributed by atoms with van der Waals surface area (Å²) in [5, 5.41) is 19.0. The van der Waals surface area contributed by atoms with E-state index in [2.05, 4.69) is 45.1 Å². The Morgan fingerprint density at radius 2 is 1.96 bits per heavy atom. The average molecular weight is 377 g/mol. The summed E-state index contributed by atoms with van der Waals surface area (Å²) in [4.78, 5) is 10.6. The lowest BCUT2D eigenvalue weighted by Gasteiger charge is -2.62. The molecule has 0 aliphatic heterocycles. The Balaban J connectivity index is 1.88. The van der Waals surface area contributed by atoms with Crippen molar-refractivity contribution < 1.29 is 15.0 Å². The number of unbranched alkanes of at least 4 members (excludes halogenated alkanes) is 3. The van der Waals surface area contributed by atoms with E-state index in [1.54, 1.807) is 0 Å². The second-order valence-corrected chi connectivity index (χ2v) is 9.37. The quantitative estimate of drug-likeness (QED) is 0.325. The van der Waals surface area contributed by atoms with Crippen LogP contribution in [0.25, 0.3) is 0 Å². The van der Waals surface area contributed by atoms with Gasteiger partial charge in [0.2, 0.25) is 0 Å². The summed E-state index contributed by atoms with van der Waals surface area (Å²) >= 11 is 0. The predicted octanol–water partition coefficient (Wildman–Crippen LogP) is 5.98. The SMILES string of the molecule is CCCCC[C@@H](O)/C=C\[C@H]1C[C@H]2C[C@@H]([C@@H]1C/C=C\CCCC(=O)O)C2(C)C. The first-order chi connectivity index (χ1) is 12.9. The summed E-state index contributed by atoms with van der Waals surface area (Å²) in [6.45, 7) is 7.04. The van der Waals surface area contributed by atoms with Gasteiger partial charge in [0, 0.05) is 6.42 Å². The fourth-order valence-electron chi connectivity index (χ4n) is 5.26. The number of carbonyl (C=O) groups is 1. The number of fused-ring (bicyclic) bond motifs is 2. The van der Waals surface area contributed by atoms with Crippen molar-refractivity contribution in [3.8, 4) is 0 Å². The number of hydrogen-bond donors (Lipinski definition) is 2. The van der Waals surface area contributed by atoms with Crippen molar-refractivity contribution in [2.45, 2.75) is 91.1 Å². The summed E-state index contributed by atoms with van der Waals surface area (Å²) < 4.78 is 0. The second kappa shape index (κ2) is 10.5. The Bertz CT molecular complexity index is 520. The van der Waals surface area contributed by atoms with Crippen molar-refractivity contribution in [3.63, 3.8) is 0 Å². The van der Waals surface area contributed by atoms with Crippen LogP contribution in [0, 0.1) is 29.1 Å². The molecule has 3 heteroatoms. The van der Waals surface area contributed by atoms with Crippen LogP contribution in [0.2, 0.25) is 0 Å². The van der Waals surface area contributed by atoms with Gasteiger partial charge in [0.25, 0.3) is 0 Å². The zero-order valence-electron chi connectivity index (χ0n) is 17.6. The van der Waals surface area contributed by atoms with E-state index >= 15 is 0 Å². The van der Waals surface area contributed by atoms with Crippen LogP contribution in [0.4, 0.5) is 0 Å². The Morgan fingerprint density at radius 1 is 1.19 bits per heavy atom. The van der Waals surface area contributed by atoms with Gasteiger partial charge in [-0.25, -0.2) is 0 Å². The fourth-order valence-corrected chi connectivity index (χ4v) is 5.26. The highest BCUT2D eigenvalue weighted by molar-refractivity contribution is 5.66. The maximum Gasteiger partial charge on any atom is 0.303 e. The minimum atomic E-state index is -0.708. The third-order valence-electron chi connectivity index (χ3n) is 7.19. The third kappa shape index (κ3) is 6.20. The molecule has 2 N–H and O–H groups in total. The van der Waals surface area contributed by atoms with Crippen molar-refractivity contribution in [2.24, 2.45) is 29.1 Å². The first-order valence-corrected chi connectivity index (χ1v) is 11.1. The molecule has 3 fully saturated rings. The molecule has 0 spiro atoms. The monoisotopic (exact) mass is 376 g/mol. The predicted molar refractivity (Wildman–Crippen MR) is 112 cm³/mol. The molecule has 3 saturated carbocycles. The summed E-state index contributed by atoms with van der Waals surface area (Å²) in [6.07, 6.45) is 18.4. The van der Waals surface area contributed by atoms with E-state index in [4.69, 9.17) is 5.11 Å². The Morgan fingerprint density at radius 3 is 2.63 bits per heavy atom. The van der Waals surface area contributed by atoms with Crippen LogP contribution in [0.5, 0.6) is 0 Å². The fraction of sp³-hybridized carbons (Fsp3) is 0.792. The number of rotatable bonds is 12. The van der Waals surface area contributed by atoms with Gasteiger partial charge in [0.1, 0.15) is 0 Å². The lowest BCUT2D eigenvalue weighted by molar-refractivity contribution is -0.137. The molecule has 0 saturated heterocycles. The van der Waals surface area contributed by atoms with E-state index in [1.807, 2.05) is 0 Å². The molecule has 0 aromatic heterocycles. The van der Waals surface area contributed by atoms with Gasteiger partial charge in [-0.15, -0.1) is 0 Å². The lowest BCUT2D eigenvalue weighted by atomic mass is 9.43. The van der Waals surface area contributed by atoms with E-state index in [9.17, 15) is 9.90 Å². The first-order valence-electron chi connectivity index (χ1n) is 11.1. The molecule has 0 amide bonds. The molecule has 0 unspecified atom stereocenters. The van der Waals surface area contributed by atoms with Crippen LogP contribution in [0.1, 0.15) is 85.0 Å². The summed E-state index contributed by atoms with van der Waals surface area (Å²) in [5.41, 5.74) is 0.450. The van der Waals surface area contributed by atoms with Crippen molar-refractivity contribution in [1.82, 2.24) is 0 Å². The van der Waals surface area contributed by atoms with Crippen LogP contribution >= 0.6 is 0 Å². The molecule has 3 aliphatic carbocycles. The van der Waals surface area contributed by atoms with Crippen molar-refractivity contribution in [2.75, 3.05) is 0 Å². The van der Waals surface area contributed by atoms with Crippen LogP contribution in [0.3, 0.4) is 0 Å². The zero-order chi connectivity index (χ0) is 19.9. The Kier molecular flexibility index (Phi) is 8.60. The Labute approximate surface area is 165 Å². The topological polar surface area (TPSA) is 57.5 Å². The molecule has 0 heterocycles. The van der Waals surface area contributed by atoms with Gasteiger partial charge in [-0.2, -0.15) is 0 Å². The van der Waals surface area contributed by atoms with Crippen molar-refractivity contribution >= 4 is 5.97 Å². The van der Waals surface area contributed by atoms with Gasteiger partial charge < -0.3 is 10.2 Å². The minimum Gasteiger partial charge on any atom is -0.481 e. The number of aliphatic hydroxyl groups excluding tert-OH is 1. The number of carboxylic acid groups (broad SMARTS) is 1. The Hall–Kier alpha value is -1.09. The summed E-state index contributed by atoms with van der Waals surface area (Å²) in [7, 11) is 0. The molecule has 5 atom stereocenters. The van der Waals surface area contributed by atoms with E-state index in [0.29, 0.717) is 17.3 Å². The average Bonchev–Trinajstić information content (AvgIpc) is 2.62. The molecule has 2 bridgehead atoms. The summed E-state index contributed by atoms with van der Waals surface area (Å²) in [6, 6.07) is 0. The standard InChI is InChI=1S/C24H40O3/c1-4-5-8-11-20(25)15-14-18-16-19-17-22(24(19,2)3)21(18)12-9-6-7-10-13-23(26)27/h6,9,14-15,18-22,25H,4-5,7-8,10-13,16-17H2,1-3H3,(H,26,27)/b9-6-,15-14-/t18-,19-,20+,21+,22-/m0/s1. The van der Waals surface area contributed by atoms with Crippen LogP contribution < -0.4 is 0 Å². The number of carboxylic acids is 1. The van der Waals surface area contributed by atoms with Crippen molar-refractivity contribution in [3.05, 3.63) is 24.3 Å². The van der Waals surface area contributed by atoms with Gasteiger partial charge in [-0.05, 0) is 67.6 Å². The highest BCUT2D eigenvalue weighted by Crippen LogP contribution is 2.64. The lowest BCUT2D eigenvalue weighted by Crippen LogP contribution is -2.55. The number of hydrogen-bond acceptors (Lipinski definition) is 2. The van der Waals surface area contributed by atoms with Gasteiger partial charge in [0.15, 0.2) is 0 Å². The minimum absolute atomic E-state index is 0.256. The van der Waals surface area contributed by atoms with Gasteiger partial charge >= 0.3 is 5.97 Å². The van der Waals surface area contributed by atoms with E-state index in [-0.39, 0.29) is 12.5 Å². The zero-order valence-corrected chi connectivity index (χ0v) is 17.6. The number of aliphatic hydroxyl groups is 1. The molecule has 0 aromatic rings. The number of allylic oxidation sites excluding steroid dienone is 3. The largest absolute Gasteiger partial charge is 0.481 e. The molecule has 27 heavy (non-hydrogen) atoms. The number of aliphatic carboxylic acids is 1. The molecular weight excluding hydrogens is 336 g/mol. The second-order valence-electron chi connectivity index (χ2n) is 9.37. The van der Waals surface area contributed by atoms with Gasteiger partial charge in [0.05, 0.1) is 6.10 Å². The molecule has 3 aliphatic rings. The first kappa shape index (κ1) is 22.2. The third-order valence-corrected chi connectivity index (χ3v) is 7.19. The van der Waals surface area contributed by atoms with Gasteiger partial charge in [-0.3, -0.25) is 4.79 Å². The highest BCUT2D eigenvalue weighted by atomic mass is 16.4. The van der Waals surface area contributed by atoms with E-state index in [0.717, 1.165) is 43.9 Å². The molecule has 0 radical (unpaired) electrons. The smallest absolute Gasteiger partial charge is 0.303 e. The van der Waals surface area contributed by atoms with Crippen LogP contribution in [0.15, 0.2) is 24.3 Å². The molecule has 154 valence electrons. The van der Waals surface area contributed by atoms with E-state index in [1.165, 1.54) is 25.7 Å². The normalized spacial score (nSPS) is 30.5. The van der Waals surface area contributed by atoms with Crippen molar-refractivity contribution in [1.29, 1.82) is 0 Å². The highest BCUT2D eigenvalue weighted by Gasteiger charge is 2.56. The van der Waals surface area contributed by atoms with Gasteiger partial charge in [-0.1, -0.05) is 64.3 Å². The molecule has 3 nitrogen and oxygen atoms in total. The molecule has 0 aromatic carbocycles. The van der Waals surface area contributed by atoms with Crippen LogP contribution in [-0.4, -0.2) is 22.3 Å². The van der Waals surface area contributed by atoms with Crippen LogP contribution in [-0.2, 0) is 4.79 Å². The summed E-state index contributed by atoms with van der Waals surface area (Å²) in [5.74, 6) is 2.11. The van der Waals surface area contributed by atoms with E-state index < -0.39 is 5.97 Å². The molecular formula is C24H40O3. The maximum atomic E-state index is 10.6.